The quantitative estimate of drug-likeness (QED) is 0.724. The van der Waals surface area contributed by atoms with Crippen molar-refractivity contribution in [3.05, 3.63) is 75.9 Å². The van der Waals surface area contributed by atoms with Crippen LogP contribution in [0.3, 0.4) is 0 Å². The molecule has 0 atom stereocenters. The van der Waals surface area contributed by atoms with E-state index >= 15 is 0 Å². The third-order valence-electron chi connectivity index (χ3n) is 4.52. The summed E-state index contributed by atoms with van der Waals surface area (Å²) in [5, 5.41) is 0. The fourth-order valence-corrected chi connectivity index (χ4v) is 3.12. The highest BCUT2D eigenvalue weighted by Gasteiger charge is 2.19. The molecule has 22 heavy (non-hydrogen) atoms. The summed E-state index contributed by atoms with van der Waals surface area (Å²) >= 11 is 0. The van der Waals surface area contributed by atoms with Gasteiger partial charge in [0.15, 0.2) is 0 Å². The van der Waals surface area contributed by atoms with E-state index in [9.17, 15) is 8.78 Å². The monoisotopic (exact) mass is 298 g/mol. The van der Waals surface area contributed by atoms with E-state index in [2.05, 4.69) is 0 Å². The predicted octanol–water partition coefficient (Wildman–Crippen LogP) is 5.27. The van der Waals surface area contributed by atoms with Gasteiger partial charge in [-0.2, -0.15) is 0 Å². The van der Waals surface area contributed by atoms with Crippen LogP contribution in [0.1, 0.15) is 41.7 Å². The van der Waals surface area contributed by atoms with E-state index < -0.39 is 0 Å². The molecule has 0 unspecified atom stereocenters. The molecule has 0 saturated carbocycles. The second kappa shape index (κ2) is 6.04. The highest BCUT2D eigenvalue weighted by atomic mass is 19.1. The van der Waals surface area contributed by atoms with Gasteiger partial charge in [-0.15, -0.1) is 0 Å². The summed E-state index contributed by atoms with van der Waals surface area (Å²) in [5.41, 5.74) is 5.10. The molecule has 0 radical (unpaired) electrons. The molecule has 0 saturated heterocycles. The highest BCUT2D eigenvalue weighted by Crippen LogP contribution is 2.31. The first kappa shape index (κ1) is 15.0. The van der Waals surface area contributed by atoms with Crippen molar-refractivity contribution in [2.75, 3.05) is 0 Å². The molecule has 2 heteroatoms. The van der Waals surface area contributed by atoms with Crippen LogP contribution in [-0.4, -0.2) is 0 Å². The Morgan fingerprint density at radius 1 is 1.00 bits per heavy atom. The van der Waals surface area contributed by atoms with Crippen molar-refractivity contribution in [1.29, 1.82) is 0 Å². The van der Waals surface area contributed by atoms with Gasteiger partial charge in [0.2, 0.25) is 0 Å². The number of halogens is 2. The van der Waals surface area contributed by atoms with Crippen LogP contribution < -0.4 is 0 Å². The molecule has 114 valence electrons. The lowest BCUT2D eigenvalue weighted by Crippen LogP contribution is -2.08. The zero-order valence-corrected chi connectivity index (χ0v) is 13.0. The fourth-order valence-electron chi connectivity index (χ4n) is 3.12. The van der Waals surface area contributed by atoms with Crippen molar-refractivity contribution >= 4 is 5.57 Å². The maximum Gasteiger partial charge on any atom is 0.130 e. The normalized spacial score (nSPS) is 13.7. The molecule has 0 aromatic heterocycles. The Morgan fingerprint density at radius 2 is 1.82 bits per heavy atom. The Balaban J connectivity index is 1.95. The van der Waals surface area contributed by atoms with Crippen molar-refractivity contribution in [3.8, 4) is 0 Å². The molecule has 2 aromatic rings. The minimum atomic E-state index is -0.181. The Kier molecular flexibility index (Phi) is 4.10. The lowest BCUT2D eigenvalue weighted by molar-refractivity contribution is 0.595. The Morgan fingerprint density at radius 3 is 2.50 bits per heavy atom. The van der Waals surface area contributed by atoms with Crippen molar-refractivity contribution in [2.24, 2.45) is 0 Å². The first-order chi connectivity index (χ1) is 10.6. The molecule has 1 aliphatic rings. The molecule has 0 bridgehead atoms. The summed E-state index contributed by atoms with van der Waals surface area (Å²) in [6.45, 7) is 3.97. The van der Waals surface area contributed by atoms with E-state index in [1.54, 1.807) is 6.07 Å². The molecule has 1 aliphatic carbocycles. The van der Waals surface area contributed by atoms with Crippen LogP contribution in [-0.2, 0) is 25.7 Å². The lowest BCUT2D eigenvalue weighted by atomic mass is 9.86. The maximum absolute atomic E-state index is 14.4. The zero-order valence-electron chi connectivity index (χ0n) is 13.0. The SMILES string of the molecule is CCc1ccc(C2=CCc3c(ccc(CC)c3F)C2)c(F)c1. The minimum Gasteiger partial charge on any atom is -0.206 e. The van der Waals surface area contributed by atoms with Gasteiger partial charge in [0.1, 0.15) is 11.6 Å². The molecule has 0 nitrogen and oxygen atoms in total. The Hall–Kier alpha value is -1.96. The Labute approximate surface area is 130 Å². The topological polar surface area (TPSA) is 0 Å². The molecule has 3 rings (SSSR count). The molecule has 0 heterocycles. The number of allylic oxidation sites excluding steroid dienone is 2. The molecule has 0 N–H and O–H groups in total. The van der Waals surface area contributed by atoms with Gasteiger partial charge < -0.3 is 0 Å². The van der Waals surface area contributed by atoms with Gasteiger partial charge in [0, 0.05) is 5.56 Å². The van der Waals surface area contributed by atoms with Crippen molar-refractivity contribution in [3.63, 3.8) is 0 Å². The largest absolute Gasteiger partial charge is 0.206 e. The standard InChI is InChI=1S/C20H20F2/c1-3-13-5-9-17(19(21)11-13)15-8-10-18-16(12-15)7-6-14(4-2)20(18)22/h5-9,11H,3-4,10,12H2,1-2H3. The smallest absolute Gasteiger partial charge is 0.130 e. The van der Waals surface area contributed by atoms with E-state index in [0.29, 0.717) is 24.8 Å². The van der Waals surface area contributed by atoms with E-state index in [1.165, 1.54) is 0 Å². The van der Waals surface area contributed by atoms with Gasteiger partial charge in [-0.05, 0) is 59.6 Å². The fraction of sp³-hybridized carbons (Fsp3) is 0.300. The van der Waals surface area contributed by atoms with E-state index in [0.717, 1.165) is 34.2 Å². The number of fused-ring (bicyclic) bond motifs is 1. The van der Waals surface area contributed by atoms with Crippen LogP contribution in [0.4, 0.5) is 8.78 Å². The van der Waals surface area contributed by atoms with Crippen molar-refractivity contribution in [2.45, 2.75) is 39.5 Å². The molecule has 2 aromatic carbocycles. The second-order valence-electron chi connectivity index (χ2n) is 5.81. The molecule has 0 fully saturated rings. The van der Waals surface area contributed by atoms with Crippen LogP contribution in [0.2, 0.25) is 0 Å². The third-order valence-corrected chi connectivity index (χ3v) is 4.52. The Bertz CT molecular complexity index is 742. The molecular weight excluding hydrogens is 278 g/mol. The average Bonchev–Trinajstić information content (AvgIpc) is 2.54. The van der Waals surface area contributed by atoms with Crippen molar-refractivity contribution < 1.29 is 8.78 Å². The van der Waals surface area contributed by atoms with Gasteiger partial charge in [-0.1, -0.05) is 44.2 Å². The summed E-state index contributed by atoms with van der Waals surface area (Å²) in [4.78, 5) is 0. The van der Waals surface area contributed by atoms with E-state index in [4.69, 9.17) is 0 Å². The van der Waals surface area contributed by atoms with Gasteiger partial charge in [-0.25, -0.2) is 8.78 Å². The number of hydrogen-bond acceptors (Lipinski definition) is 0. The van der Waals surface area contributed by atoms with Crippen LogP contribution >= 0.6 is 0 Å². The van der Waals surface area contributed by atoms with Gasteiger partial charge in [-0.3, -0.25) is 0 Å². The van der Waals surface area contributed by atoms with Crippen molar-refractivity contribution in [1.82, 2.24) is 0 Å². The summed E-state index contributed by atoms with van der Waals surface area (Å²) in [6.07, 6.45) is 4.62. The summed E-state index contributed by atoms with van der Waals surface area (Å²) in [6, 6.07) is 9.26. The second-order valence-corrected chi connectivity index (χ2v) is 5.81. The summed E-state index contributed by atoms with van der Waals surface area (Å²) in [5.74, 6) is -0.267. The number of benzene rings is 2. The molecular formula is C20H20F2. The van der Waals surface area contributed by atoms with Gasteiger partial charge in [0.25, 0.3) is 0 Å². The van der Waals surface area contributed by atoms with Crippen LogP contribution in [0, 0.1) is 11.6 Å². The van der Waals surface area contributed by atoms with E-state index in [-0.39, 0.29) is 11.6 Å². The van der Waals surface area contributed by atoms with Crippen LogP contribution in [0.15, 0.2) is 36.4 Å². The minimum absolute atomic E-state index is 0.0860. The zero-order chi connectivity index (χ0) is 15.7. The number of aryl methyl sites for hydroxylation is 2. The average molecular weight is 298 g/mol. The van der Waals surface area contributed by atoms with Crippen LogP contribution in [0.25, 0.3) is 5.57 Å². The first-order valence-corrected chi connectivity index (χ1v) is 7.91. The maximum atomic E-state index is 14.4. The highest BCUT2D eigenvalue weighted by molar-refractivity contribution is 5.71. The number of rotatable bonds is 3. The lowest BCUT2D eigenvalue weighted by Gasteiger charge is -2.20. The van der Waals surface area contributed by atoms with Crippen LogP contribution in [0.5, 0.6) is 0 Å². The van der Waals surface area contributed by atoms with Gasteiger partial charge in [0.05, 0.1) is 0 Å². The van der Waals surface area contributed by atoms with Gasteiger partial charge >= 0.3 is 0 Å². The summed E-state index contributed by atoms with van der Waals surface area (Å²) in [7, 11) is 0. The molecule has 0 aliphatic heterocycles. The van der Waals surface area contributed by atoms with E-state index in [1.807, 2.05) is 44.2 Å². The first-order valence-electron chi connectivity index (χ1n) is 7.91. The molecule has 0 amide bonds. The predicted molar refractivity (Wildman–Crippen MR) is 86.9 cm³/mol. The molecule has 0 spiro atoms. The summed E-state index contributed by atoms with van der Waals surface area (Å²) < 4.78 is 28.6. The number of hydrogen-bond donors (Lipinski definition) is 0. The third kappa shape index (κ3) is 2.58.